The Bertz CT molecular complexity index is 431. The second-order valence-corrected chi connectivity index (χ2v) is 3.37. The van der Waals surface area contributed by atoms with Gasteiger partial charge < -0.3 is 5.32 Å². The fraction of sp³-hybridized carbons (Fsp3) is 0.364. The van der Waals surface area contributed by atoms with E-state index in [0.717, 1.165) is 18.6 Å². The molecule has 0 fully saturated rings. The number of benzene rings is 1. The highest BCUT2D eigenvalue weighted by Gasteiger charge is 2.03. The summed E-state index contributed by atoms with van der Waals surface area (Å²) in [4.78, 5) is 0. The second-order valence-electron chi connectivity index (χ2n) is 3.37. The highest BCUT2D eigenvalue weighted by molar-refractivity contribution is 5.81. The molecule has 3 heteroatoms. The van der Waals surface area contributed by atoms with E-state index in [1.807, 2.05) is 11.7 Å². The molecule has 1 aromatic carbocycles. The Kier molecular flexibility index (Phi) is 2.50. The van der Waals surface area contributed by atoms with Crippen LogP contribution in [0, 0.1) is 0 Å². The van der Waals surface area contributed by atoms with E-state index in [-0.39, 0.29) is 0 Å². The van der Waals surface area contributed by atoms with E-state index < -0.39 is 0 Å². The number of hydrogen-bond acceptors (Lipinski definition) is 2. The summed E-state index contributed by atoms with van der Waals surface area (Å²) in [6.45, 7) is 3.90. The Morgan fingerprint density at radius 3 is 3.00 bits per heavy atom. The van der Waals surface area contributed by atoms with Gasteiger partial charge in [0.1, 0.15) is 0 Å². The minimum absolute atomic E-state index is 0.873. The third-order valence-corrected chi connectivity index (χ3v) is 2.36. The van der Waals surface area contributed by atoms with Crippen LogP contribution in [-0.4, -0.2) is 16.8 Å². The molecule has 0 aliphatic heterocycles. The molecule has 0 atom stereocenters. The topological polar surface area (TPSA) is 29.9 Å². The van der Waals surface area contributed by atoms with Crippen LogP contribution in [0.5, 0.6) is 0 Å². The van der Waals surface area contributed by atoms with Gasteiger partial charge in [-0.25, -0.2) is 0 Å². The molecular weight excluding hydrogens is 174 g/mol. The van der Waals surface area contributed by atoms with Gasteiger partial charge in [-0.2, -0.15) is 5.10 Å². The number of nitrogens with zero attached hydrogens (tertiary/aromatic N) is 2. The zero-order valence-electron chi connectivity index (χ0n) is 8.62. The van der Waals surface area contributed by atoms with Gasteiger partial charge in [-0.05, 0) is 19.5 Å². The van der Waals surface area contributed by atoms with Gasteiger partial charge in [0.25, 0.3) is 0 Å². The Morgan fingerprint density at radius 1 is 1.43 bits per heavy atom. The number of rotatable bonds is 3. The largest absolute Gasteiger partial charge is 0.316 e. The molecule has 2 rings (SSSR count). The van der Waals surface area contributed by atoms with E-state index in [9.17, 15) is 0 Å². The SMILES string of the molecule is CCn1cc2cccc(CNC)c2n1. The predicted octanol–water partition coefficient (Wildman–Crippen LogP) is 1.78. The summed E-state index contributed by atoms with van der Waals surface area (Å²) in [6.07, 6.45) is 2.09. The van der Waals surface area contributed by atoms with Crippen LogP contribution in [0.2, 0.25) is 0 Å². The van der Waals surface area contributed by atoms with Crippen LogP contribution in [-0.2, 0) is 13.1 Å². The van der Waals surface area contributed by atoms with Crippen molar-refractivity contribution in [3.05, 3.63) is 30.0 Å². The minimum Gasteiger partial charge on any atom is -0.316 e. The maximum Gasteiger partial charge on any atom is 0.0968 e. The molecule has 0 aliphatic carbocycles. The molecule has 0 spiro atoms. The maximum atomic E-state index is 4.53. The maximum absolute atomic E-state index is 4.53. The van der Waals surface area contributed by atoms with Crippen molar-refractivity contribution in [3.63, 3.8) is 0 Å². The molecule has 1 heterocycles. The van der Waals surface area contributed by atoms with Gasteiger partial charge in [0.05, 0.1) is 5.52 Å². The number of hydrogen-bond donors (Lipinski definition) is 1. The summed E-state index contributed by atoms with van der Waals surface area (Å²) < 4.78 is 1.98. The van der Waals surface area contributed by atoms with Crippen molar-refractivity contribution >= 4 is 10.9 Å². The zero-order chi connectivity index (χ0) is 9.97. The van der Waals surface area contributed by atoms with E-state index in [2.05, 4.69) is 41.7 Å². The quantitative estimate of drug-likeness (QED) is 0.797. The van der Waals surface area contributed by atoms with Gasteiger partial charge in [-0.3, -0.25) is 4.68 Å². The van der Waals surface area contributed by atoms with Gasteiger partial charge in [0.2, 0.25) is 0 Å². The third kappa shape index (κ3) is 1.51. The van der Waals surface area contributed by atoms with E-state index in [1.54, 1.807) is 0 Å². The third-order valence-electron chi connectivity index (χ3n) is 2.36. The van der Waals surface area contributed by atoms with E-state index in [4.69, 9.17) is 0 Å². The van der Waals surface area contributed by atoms with Crippen molar-refractivity contribution < 1.29 is 0 Å². The lowest BCUT2D eigenvalue weighted by Crippen LogP contribution is -2.05. The van der Waals surface area contributed by atoms with E-state index in [0.29, 0.717) is 0 Å². The normalized spacial score (nSPS) is 11.0. The molecule has 0 unspecified atom stereocenters. The van der Waals surface area contributed by atoms with E-state index >= 15 is 0 Å². The predicted molar refractivity (Wildman–Crippen MR) is 58.2 cm³/mol. The van der Waals surface area contributed by atoms with Gasteiger partial charge >= 0.3 is 0 Å². The first-order chi connectivity index (χ1) is 6.85. The molecule has 3 nitrogen and oxygen atoms in total. The standard InChI is InChI=1S/C11H15N3/c1-3-14-8-10-6-4-5-9(7-12-2)11(10)13-14/h4-6,8,12H,3,7H2,1-2H3. The summed E-state index contributed by atoms with van der Waals surface area (Å²) in [5.74, 6) is 0. The fourth-order valence-corrected chi connectivity index (χ4v) is 1.65. The first-order valence-electron chi connectivity index (χ1n) is 4.94. The average Bonchev–Trinajstić information content (AvgIpc) is 2.62. The Balaban J connectivity index is 2.55. The monoisotopic (exact) mass is 189 g/mol. The molecule has 1 aromatic heterocycles. The number of aromatic nitrogens is 2. The number of aryl methyl sites for hydroxylation is 1. The molecule has 74 valence electrons. The molecule has 0 amide bonds. The summed E-state index contributed by atoms with van der Waals surface area (Å²) in [6, 6.07) is 6.30. The van der Waals surface area contributed by atoms with Crippen molar-refractivity contribution in [1.29, 1.82) is 0 Å². The van der Waals surface area contributed by atoms with Crippen LogP contribution in [0.25, 0.3) is 10.9 Å². The summed E-state index contributed by atoms with van der Waals surface area (Å²) in [7, 11) is 1.95. The highest BCUT2D eigenvalue weighted by atomic mass is 15.3. The molecular formula is C11H15N3. The van der Waals surface area contributed by atoms with Crippen LogP contribution in [0.4, 0.5) is 0 Å². The van der Waals surface area contributed by atoms with Gasteiger partial charge in [-0.15, -0.1) is 0 Å². The summed E-state index contributed by atoms with van der Waals surface area (Å²) >= 11 is 0. The number of nitrogens with one attached hydrogen (secondary N) is 1. The lowest BCUT2D eigenvalue weighted by molar-refractivity contribution is 0.666. The molecule has 0 aliphatic rings. The van der Waals surface area contributed by atoms with Crippen molar-refractivity contribution in [2.45, 2.75) is 20.0 Å². The van der Waals surface area contributed by atoms with Crippen molar-refractivity contribution in [2.75, 3.05) is 7.05 Å². The average molecular weight is 189 g/mol. The molecule has 1 N–H and O–H groups in total. The molecule has 0 saturated heterocycles. The molecule has 0 radical (unpaired) electrons. The first kappa shape index (κ1) is 9.21. The van der Waals surface area contributed by atoms with Crippen LogP contribution < -0.4 is 5.32 Å². The molecule has 0 bridgehead atoms. The Morgan fingerprint density at radius 2 is 2.29 bits per heavy atom. The molecule has 0 saturated carbocycles. The lowest BCUT2D eigenvalue weighted by Gasteiger charge is -1.99. The molecule has 14 heavy (non-hydrogen) atoms. The highest BCUT2D eigenvalue weighted by Crippen LogP contribution is 2.16. The van der Waals surface area contributed by atoms with Gasteiger partial charge in [-0.1, -0.05) is 18.2 Å². The smallest absolute Gasteiger partial charge is 0.0968 e. The van der Waals surface area contributed by atoms with Crippen LogP contribution >= 0.6 is 0 Å². The van der Waals surface area contributed by atoms with Crippen molar-refractivity contribution in [2.24, 2.45) is 0 Å². The lowest BCUT2D eigenvalue weighted by atomic mass is 10.1. The summed E-state index contributed by atoms with van der Waals surface area (Å²) in [5.41, 5.74) is 2.38. The Hall–Kier alpha value is -1.35. The molecule has 2 aromatic rings. The number of fused-ring (bicyclic) bond motifs is 1. The van der Waals surface area contributed by atoms with Gasteiger partial charge in [0, 0.05) is 24.7 Å². The first-order valence-corrected chi connectivity index (χ1v) is 4.94. The zero-order valence-corrected chi connectivity index (χ0v) is 8.62. The summed E-state index contributed by atoms with van der Waals surface area (Å²) in [5, 5.41) is 8.90. The second kappa shape index (κ2) is 3.80. The van der Waals surface area contributed by atoms with Crippen LogP contribution in [0.3, 0.4) is 0 Å². The van der Waals surface area contributed by atoms with Crippen LogP contribution in [0.1, 0.15) is 12.5 Å². The van der Waals surface area contributed by atoms with Gasteiger partial charge in [0.15, 0.2) is 0 Å². The van der Waals surface area contributed by atoms with Crippen molar-refractivity contribution in [3.8, 4) is 0 Å². The Labute approximate surface area is 83.7 Å². The van der Waals surface area contributed by atoms with Crippen molar-refractivity contribution in [1.82, 2.24) is 15.1 Å². The van der Waals surface area contributed by atoms with E-state index in [1.165, 1.54) is 10.9 Å². The van der Waals surface area contributed by atoms with Crippen LogP contribution in [0.15, 0.2) is 24.4 Å². The fourth-order valence-electron chi connectivity index (χ4n) is 1.65. The minimum atomic E-state index is 0.873.